The molecule has 4 rings (SSSR count). The van der Waals surface area contributed by atoms with Crippen molar-refractivity contribution < 1.29 is 0 Å². The van der Waals surface area contributed by atoms with Gasteiger partial charge in [-0.25, -0.2) is 0 Å². The number of hydrogen-bond acceptors (Lipinski definition) is 0. The minimum absolute atomic E-state index is 0.236. The van der Waals surface area contributed by atoms with E-state index in [1.54, 1.807) is 0 Å². The molecule has 1 unspecified atom stereocenters. The third kappa shape index (κ3) is 6.16. The van der Waals surface area contributed by atoms with E-state index < -0.39 is 0 Å². The maximum absolute atomic E-state index is 6.82. The second-order valence-electron chi connectivity index (χ2n) is 10.1. The number of aryl methyl sites for hydroxylation is 2. The summed E-state index contributed by atoms with van der Waals surface area (Å²) >= 11 is 13.5. The second-order valence-corrected chi connectivity index (χ2v) is 10.9. The molecule has 2 heteroatoms. The summed E-state index contributed by atoms with van der Waals surface area (Å²) in [4.78, 5) is 0. The topological polar surface area (TPSA) is 0 Å². The first-order valence-electron chi connectivity index (χ1n) is 13.6. The summed E-state index contributed by atoms with van der Waals surface area (Å²) in [5.74, 6) is 0. The molecule has 0 bridgehead atoms. The van der Waals surface area contributed by atoms with E-state index in [0.717, 1.165) is 29.3 Å². The molecule has 0 aliphatic heterocycles. The molecule has 188 valence electrons. The zero-order valence-electron chi connectivity index (χ0n) is 21.7. The molecule has 0 radical (unpaired) electrons. The molecular weight excluding hydrogens is 479 g/mol. The van der Waals surface area contributed by atoms with Gasteiger partial charge in [-0.2, -0.15) is 0 Å². The van der Waals surface area contributed by atoms with E-state index in [0.29, 0.717) is 0 Å². The van der Waals surface area contributed by atoms with Crippen LogP contribution in [0.3, 0.4) is 0 Å². The fourth-order valence-electron chi connectivity index (χ4n) is 5.27. The van der Waals surface area contributed by atoms with Gasteiger partial charge in [0.1, 0.15) is 0 Å². The van der Waals surface area contributed by atoms with E-state index in [4.69, 9.17) is 23.2 Å². The summed E-state index contributed by atoms with van der Waals surface area (Å²) in [7, 11) is 0. The molecule has 0 fully saturated rings. The first-order valence-corrected chi connectivity index (χ1v) is 14.4. The first-order chi connectivity index (χ1) is 17.6. The van der Waals surface area contributed by atoms with Gasteiger partial charge >= 0.3 is 0 Å². The number of halogens is 2. The molecule has 1 aliphatic rings. The highest BCUT2D eigenvalue weighted by molar-refractivity contribution is 6.31. The van der Waals surface area contributed by atoms with Gasteiger partial charge in [-0.15, -0.1) is 0 Å². The van der Waals surface area contributed by atoms with Crippen molar-refractivity contribution in [3.8, 4) is 0 Å². The van der Waals surface area contributed by atoms with Crippen LogP contribution >= 0.6 is 23.2 Å². The monoisotopic (exact) mass is 516 g/mol. The zero-order valence-corrected chi connectivity index (χ0v) is 23.2. The summed E-state index contributed by atoms with van der Waals surface area (Å²) in [6.07, 6.45) is 17.3. The highest BCUT2D eigenvalue weighted by Gasteiger charge is 2.33. The molecule has 0 N–H and O–H groups in total. The lowest BCUT2D eigenvalue weighted by Crippen LogP contribution is -2.26. The van der Waals surface area contributed by atoms with Crippen molar-refractivity contribution in [2.45, 2.75) is 77.0 Å². The summed E-state index contributed by atoms with van der Waals surface area (Å²) < 4.78 is 0. The van der Waals surface area contributed by atoms with Crippen molar-refractivity contribution in [1.29, 1.82) is 0 Å². The van der Waals surface area contributed by atoms with Gasteiger partial charge in [-0.1, -0.05) is 136 Å². The Bertz CT molecular complexity index is 1210. The predicted molar refractivity (Wildman–Crippen MR) is 158 cm³/mol. The van der Waals surface area contributed by atoms with Gasteiger partial charge in [0.05, 0.1) is 0 Å². The smallest absolute Gasteiger partial charge is 0.0444 e. The van der Waals surface area contributed by atoms with Crippen molar-refractivity contribution >= 4 is 28.8 Å². The zero-order chi connectivity index (χ0) is 25.4. The van der Waals surface area contributed by atoms with Gasteiger partial charge in [0.2, 0.25) is 0 Å². The summed E-state index contributed by atoms with van der Waals surface area (Å²) in [5, 5.41) is 1.76. The Morgan fingerprint density at radius 2 is 1.33 bits per heavy atom. The van der Waals surface area contributed by atoms with E-state index in [1.807, 2.05) is 0 Å². The quantitative estimate of drug-likeness (QED) is 0.222. The minimum Gasteiger partial charge on any atom is -0.0840 e. The fourth-order valence-corrected chi connectivity index (χ4v) is 5.82. The fraction of sp³-hybridized carbons (Fsp3) is 0.353. The summed E-state index contributed by atoms with van der Waals surface area (Å²) in [5.41, 5.74) is 7.21. The van der Waals surface area contributed by atoms with Gasteiger partial charge in [0.15, 0.2) is 0 Å². The molecular formula is C34H38Cl2. The van der Waals surface area contributed by atoms with Gasteiger partial charge in [-0.3, -0.25) is 0 Å². The van der Waals surface area contributed by atoms with Crippen LogP contribution < -0.4 is 0 Å². The van der Waals surface area contributed by atoms with Crippen molar-refractivity contribution in [2.75, 3.05) is 0 Å². The van der Waals surface area contributed by atoms with Crippen molar-refractivity contribution in [3.63, 3.8) is 0 Å². The van der Waals surface area contributed by atoms with Crippen LogP contribution in [0.5, 0.6) is 0 Å². The van der Waals surface area contributed by atoms with Crippen LogP contribution in [0.4, 0.5) is 0 Å². The van der Waals surface area contributed by atoms with E-state index in [9.17, 15) is 0 Å². The Morgan fingerprint density at radius 1 is 0.694 bits per heavy atom. The molecule has 3 aromatic rings. The molecule has 1 aliphatic carbocycles. The highest BCUT2D eigenvalue weighted by Crippen LogP contribution is 2.43. The average Bonchev–Trinajstić information content (AvgIpc) is 2.91. The Kier molecular flexibility index (Phi) is 9.52. The Labute approximate surface area is 228 Å². The van der Waals surface area contributed by atoms with Crippen LogP contribution in [0.15, 0.2) is 85.0 Å². The van der Waals surface area contributed by atoms with Crippen LogP contribution in [0.25, 0.3) is 5.57 Å². The van der Waals surface area contributed by atoms with E-state index >= 15 is 0 Å². The summed E-state index contributed by atoms with van der Waals surface area (Å²) in [6, 6.07) is 24.1. The standard InChI is InChI=1S/C34H38Cl2/c1-3-5-8-12-27-16-17-29(24-32(27)35)26-20-22-34(23-21-26,30-14-10-7-11-15-30)31-19-18-28(33(36)25-31)13-9-6-4-2/h7,10-11,14-22,24-25H,3-6,8-9,12-13,23H2,1-2H3. The van der Waals surface area contributed by atoms with Gasteiger partial charge in [0.25, 0.3) is 0 Å². The molecule has 1 atom stereocenters. The van der Waals surface area contributed by atoms with Gasteiger partial charge < -0.3 is 0 Å². The van der Waals surface area contributed by atoms with Crippen molar-refractivity contribution in [1.82, 2.24) is 0 Å². The average molecular weight is 518 g/mol. The Hall–Kier alpha value is -2.28. The van der Waals surface area contributed by atoms with Crippen molar-refractivity contribution in [2.24, 2.45) is 0 Å². The number of rotatable bonds is 11. The number of allylic oxidation sites excluding steroid dienone is 4. The van der Waals surface area contributed by atoms with Gasteiger partial charge in [0, 0.05) is 15.5 Å². The van der Waals surface area contributed by atoms with Crippen LogP contribution in [0.2, 0.25) is 10.0 Å². The largest absolute Gasteiger partial charge is 0.0840 e. The molecule has 0 aromatic heterocycles. The molecule has 0 saturated heterocycles. The molecule has 0 spiro atoms. The third-order valence-electron chi connectivity index (χ3n) is 7.53. The SMILES string of the molecule is CCCCCc1ccc(C2=CCC(c3ccccc3)(c3ccc(CCCCC)c(Cl)c3)C=C2)cc1Cl. The van der Waals surface area contributed by atoms with Gasteiger partial charge in [-0.05, 0) is 77.6 Å². The highest BCUT2D eigenvalue weighted by atomic mass is 35.5. The first kappa shape index (κ1) is 26.8. The number of hydrogen-bond donors (Lipinski definition) is 0. The molecule has 0 amide bonds. The molecule has 0 heterocycles. The van der Waals surface area contributed by atoms with Crippen LogP contribution in [-0.2, 0) is 18.3 Å². The van der Waals surface area contributed by atoms with Crippen LogP contribution in [0, 0.1) is 0 Å². The Morgan fingerprint density at radius 3 is 1.89 bits per heavy atom. The number of benzene rings is 3. The minimum atomic E-state index is -0.236. The lowest BCUT2D eigenvalue weighted by atomic mass is 9.69. The molecule has 0 nitrogen and oxygen atoms in total. The second kappa shape index (κ2) is 12.8. The number of unbranched alkanes of at least 4 members (excludes halogenated alkanes) is 4. The van der Waals surface area contributed by atoms with Crippen LogP contribution in [-0.4, -0.2) is 0 Å². The maximum atomic E-state index is 6.82. The lowest BCUT2D eigenvalue weighted by Gasteiger charge is -2.34. The molecule has 3 aromatic carbocycles. The van der Waals surface area contributed by atoms with Crippen LogP contribution in [0.1, 0.15) is 86.6 Å². The van der Waals surface area contributed by atoms with Crippen molar-refractivity contribution in [3.05, 3.63) is 123 Å². The normalized spacial score (nSPS) is 17.3. The molecule has 0 saturated carbocycles. The third-order valence-corrected chi connectivity index (χ3v) is 8.24. The predicted octanol–water partition coefficient (Wildman–Crippen LogP) is 10.8. The Balaban J connectivity index is 1.62. The van der Waals surface area contributed by atoms with E-state index in [1.165, 1.54) is 71.9 Å². The molecule has 36 heavy (non-hydrogen) atoms. The summed E-state index contributed by atoms with van der Waals surface area (Å²) in [6.45, 7) is 4.47. The lowest BCUT2D eigenvalue weighted by molar-refractivity contribution is 0.648. The van der Waals surface area contributed by atoms with E-state index in [-0.39, 0.29) is 5.41 Å². The van der Waals surface area contributed by atoms with E-state index in [2.05, 4.69) is 98.8 Å². The maximum Gasteiger partial charge on any atom is 0.0444 e.